The predicted molar refractivity (Wildman–Crippen MR) is 74.9 cm³/mol. The van der Waals surface area contributed by atoms with E-state index in [4.69, 9.17) is 4.74 Å². The van der Waals surface area contributed by atoms with Crippen LogP contribution in [0.1, 0.15) is 41.0 Å². The molecule has 0 atom stereocenters. The largest absolute Gasteiger partial charge is 0.444 e. The van der Waals surface area contributed by atoms with Gasteiger partial charge in [0.2, 0.25) is 5.91 Å². The minimum atomic E-state index is -0.991. The number of carbonyl (C=O) groups excluding carboxylic acids is 2. The van der Waals surface area contributed by atoms with Gasteiger partial charge >= 0.3 is 6.09 Å². The topological polar surface area (TPSA) is 67.4 Å². The van der Waals surface area contributed by atoms with Gasteiger partial charge in [-0.1, -0.05) is 15.9 Å². The smallest absolute Gasteiger partial charge is 0.408 e. The fraction of sp³-hybridized carbons (Fsp3) is 0.833. The van der Waals surface area contributed by atoms with E-state index < -0.39 is 17.2 Å². The van der Waals surface area contributed by atoms with Crippen molar-refractivity contribution in [2.45, 2.75) is 52.2 Å². The van der Waals surface area contributed by atoms with Crippen LogP contribution in [-0.4, -0.2) is 35.0 Å². The lowest BCUT2D eigenvalue weighted by molar-refractivity contribution is -0.126. The molecule has 0 aliphatic heterocycles. The van der Waals surface area contributed by atoms with Gasteiger partial charge in [0.25, 0.3) is 0 Å². The number of amides is 2. The summed E-state index contributed by atoms with van der Waals surface area (Å²) < 4.78 is 5.11. The zero-order valence-electron chi connectivity index (χ0n) is 11.7. The third-order valence-corrected chi connectivity index (χ3v) is 2.54. The van der Waals surface area contributed by atoms with E-state index in [1.54, 1.807) is 34.6 Å². The summed E-state index contributed by atoms with van der Waals surface area (Å²) in [5.74, 6) is -0.227. The van der Waals surface area contributed by atoms with Crippen LogP contribution in [-0.2, 0) is 9.53 Å². The molecule has 0 aromatic carbocycles. The highest BCUT2D eigenvalue weighted by atomic mass is 79.9. The van der Waals surface area contributed by atoms with Crippen LogP contribution >= 0.6 is 15.9 Å². The Bertz CT molecular complexity index is 298. The van der Waals surface area contributed by atoms with Crippen LogP contribution in [0, 0.1) is 0 Å². The third kappa shape index (κ3) is 7.53. The fourth-order valence-electron chi connectivity index (χ4n) is 1.11. The molecule has 0 spiro atoms. The fourth-order valence-corrected chi connectivity index (χ4v) is 1.39. The quantitative estimate of drug-likeness (QED) is 0.602. The Morgan fingerprint density at radius 1 is 1.17 bits per heavy atom. The number of alkyl carbamates (subject to hydrolysis) is 1. The Labute approximate surface area is 117 Å². The molecule has 0 saturated heterocycles. The van der Waals surface area contributed by atoms with Crippen LogP contribution in [0.3, 0.4) is 0 Å². The molecule has 2 amide bonds. The maximum Gasteiger partial charge on any atom is 0.408 e. The van der Waals surface area contributed by atoms with Gasteiger partial charge in [0, 0.05) is 11.9 Å². The van der Waals surface area contributed by atoms with Gasteiger partial charge in [-0.3, -0.25) is 4.79 Å². The first-order chi connectivity index (χ1) is 8.08. The van der Waals surface area contributed by atoms with E-state index in [9.17, 15) is 9.59 Å². The SMILES string of the molecule is CC(C)(C)OC(=O)NC(C)(C)C(=O)NCCCBr. The number of halogens is 1. The first-order valence-electron chi connectivity index (χ1n) is 5.94. The van der Waals surface area contributed by atoms with Gasteiger partial charge in [-0.25, -0.2) is 4.79 Å². The van der Waals surface area contributed by atoms with E-state index in [-0.39, 0.29) is 5.91 Å². The summed E-state index contributed by atoms with van der Waals surface area (Å²) >= 11 is 3.28. The first-order valence-corrected chi connectivity index (χ1v) is 7.06. The average Bonchev–Trinajstić information content (AvgIpc) is 2.13. The molecule has 0 aliphatic carbocycles. The summed E-state index contributed by atoms with van der Waals surface area (Å²) in [5.41, 5.74) is -1.57. The molecule has 0 aromatic rings. The number of hydrogen-bond donors (Lipinski definition) is 2. The van der Waals surface area contributed by atoms with Crippen molar-refractivity contribution in [1.82, 2.24) is 10.6 Å². The predicted octanol–water partition coefficient (Wildman–Crippen LogP) is 2.19. The second-order valence-electron chi connectivity index (χ2n) is 5.55. The lowest BCUT2D eigenvalue weighted by Crippen LogP contribution is -2.55. The highest BCUT2D eigenvalue weighted by molar-refractivity contribution is 9.09. The number of alkyl halides is 1. The number of rotatable bonds is 5. The Balaban J connectivity index is 4.28. The Morgan fingerprint density at radius 2 is 1.72 bits per heavy atom. The molecule has 0 rings (SSSR count). The number of nitrogens with one attached hydrogen (secondary N) is 2. The second-order valence-corrected chi connectivity index (χ2v) is 6.34. The molecule has 0 radical (unpaired) electrons. The lowest BCUT2D eigenvalue weighted by Gasteiger charge is -2.27. The standard InChI is InChI=1S/C12H23BrN2O3/c1-11(2,3)18-10(17)15-12(4,5)9(16)14-8-6-7-13/h6-8H2,1-5H3,(H,14,16)(H,15,17). The molecule has 106 valence electrons. The van der Waals surface area contributed by atoms with Crippen molar-refractivity contribution < 1.29 is 14.3 Å². The van der Waals surface area contributed by atoms with Crippen LogP contribution in [0.25, 0.3) is 0 Å². The van der Waals surface area contributed by atoms with E-state index in [1.165, 1.54) is 0 Å². The van der Waals surface area contributed by atoms with Crippen LogP contribution in [0.2, 0.25) is 0 Å². The Morgan fingerprint density at radius 3 is 2.17 bits per heavy atom. The normalized spacial score (nSPS) is 11.9. The van der Waals surface area contributed by atoms with Crippen molar-refractivity contribution in [3.63, 3.8) is 0 Å². The molecule has 2 N–H and O–H groups in total. The van der Waals surface area contributed by atoms with Crippen LogP contribution < -0.4 is 10.6 Å². The van der Waals surface area contributed by atoms with Crippen molar-refractivity contribution >= 4 is 27.9 Å². The molecule has 0 bridgehead atoms. The van der Waals surface area contributed by atoms with Crippen molar-refractivity contribution in [3.8, 4) is 0 Å². The molecule has 0 fully saturated rings. The van der Waals surface area contributed by atoms with E-state index in [0.717, 1.165) is 11.8 Å². The van der Waals surface area contributed by atoms with Crippen molar-refractivity contribution in [1.29, 1.82) is 0 Å². The van der Waals surface area contributed by atoms with E-state index in [1.807, 2.05) is 0 Å². The van der Waals surface area contributed by atoms with Gasteiger partial charge in [-0.2, -0.15) is 0 Å². The maximum atomic E-state index is 11.8. The van der Waals surface area contributed by atoms with Gasteiger partial charge < -0.3 is 15.4 Å². The zero-order chi connectivity index (χ0) is 14.4. The van der Waals surface area contributed by atoms with Crippen LogP contribution in [0.5, 0.6) is 0 Å². The van der Waals surface area contributed by atoms with Gasteiger partial charge in [0.05, 0.1) is 0 Å². The molecule has 5 nitrogen and oxygen atoms in total. The number of hydrogen-bond acceptors (Lipinski definition) is 3. The molecule has 6 heteroatoms. The molecule has 0 aromatic heterocycles. The number of carbonyl (C=O) groups is 2. The van der Waals surface area contributed by atoms with E-state index in [0.29, 0.717) is 6.54 Å². The zero-order valence-corrected chi connectivity index (χ0v) is 13.3. The van der Waals surface area contributed by atoms with Gasteiger partial charge in [-0.15, -0.1) is 0 Å². The third-order valence-electron chi connectivity index (χ3n) is 1.98. The highest BCUT2D eigenvalue weighted by Crippen LogP contribution is 2.09. The maximum absolute atomic E-state index is 11.8. The molecular formula is C12H23BrN2O3. The Kier molecular flexibility index (Phi) is 6.67. The van der Waals surface area contributed by atoms with Crippen LogP contribution in [0.4, 0.5) is 4.79 Å². The van der Waals surface area contributed by atoms with Crippen molar-refractivity contribution in [2.24, 2.45) is 0 Å². The lowest BCUT2D eigenvalue weighted by atomic mass is 10.1. The molecular weight excluding hydrogens is 300 g/mol. The Hall–Kier alpha value is -0.780. The van der Waals surface area contributed by atoms with Gasteiger partial charge in [0.1, 0.15) is 11.1 Å². The second kappa shape index (κ2) is 6.97. The average molecular weight is 323 g/mol. The summed E-state index contributed by atoms with van der Waals surface area (Å²) in [5, 5.41) is 6.13. The molecule has 0 unspecified atom stereocenters. The summed E-state index contributed by atoms with van der Waals surface area (Å²) in [6, 6.07) is 0. The van der Waals surface area contributed by atoms with Crippen molar-refractivity contribution in [2.75, 3.05) is 11.9 Å². The van der Waals surface area contributed by atoms with Gasteiger partial charge in [0.15, 0.2) is 0 Å². The summed E-state index contributed by atoms with van der Waals surface area (Å²) in [6.07, 6.45) is 0.247. The minimum Gasteiger partial charge on any atom is -0.444 e. The van der Waals surface area contributed by atoms with E-state index >= 15 is 0 Å². The minimum absolute atomic E-state index is 0.227. The summed E-state index contributed by atoms with van der Waals surface area (Å²) in [6.45, 7) is 9.17. The molecule has 0 saturated carbocycles. The summed E-state index contributed by atoms with van der Waals surface area (Å²) in [4.78, 5) is 23.4. The van der Waals surface area contributed by atoms with Crippen molar-refractivity contribution in [3.05, 3.63) is 0 Å². The highest BCUT2D eigenvalue weighted by Gasteiger charge is 2.31. The van der Waals surface area contributed by atoms with Crippen LogP contribution in [0.15, 0.2) is 0 Å². The number of ether oxygens (including phenoxy) is 1. The summed E-state index contributed by atoms with van der Waals surface area (Å²) in [7, 11) is 0. The van der Waals surface area contributed by atoms with Gasteiger partial charge in [-0.05, 0) is 41.0 Å². The first kappa shape index (κ1) is 17.2. The molecule has 18 heavy (non-hydrogen) atoms. The van der Waals surface area contributed by atoms with E-state index in [2.05, 4.69) is 26.6 Å². The molecule has 0 heterocycles. The monoisotopic (exact) mass is 322 g/mol. The molecule has 0 aliphatic rings.